The molecule has 0 aliphatic rings. The van der Waals surface area contributed by atoms with Crippen LogP contribution in [0, 0.1) is 15.9 Å². The molecule has 122 valence electrons. The summed E-state index contributed by atoms with van der Waals surface area (Å²) in [4.78, 5) is 12.2. The van der Waals surface area contributed by atoms with Gasteiger partial charge in [0, 0.05) is 24.9 Å². The molecule has 0 aromatic heterocycles. The smallest absolute Gasteiger partial charge is 0.311 e. The predicted molar refractivity (Wildman–Crippen MR) is 84.8 cm³/mol. The Kier molecular flexibility index (Phi) is 5.35. The van der Waals surface area contributed by atoms with Crippen molar-refractivity contribution in [1.82, 2.24) is 0 Å². The van der Waals surface area contributed by atoms with Crippen LogP contribution in [-0.4, -0.2) is 32.2 Å². The third-order valence-electron chi connectivity index (χ3n) is 3.32. The van der Waals surface area contributed by atoms with Crippen molar-refractivity contribution < 1.29 is 18.8 Å². The largest absolute Gasteiger partial charge is 0.490 e. The molecule has 0 fully saturated rings. The van der Waals surface area contributed by atoms with E-state index < -0.39 is 10.7 Å². The average molecular weight is 320 g/mol. The van der Waals surface area contributed by atoms with Crippen LogP contribution in [0.3, 0.4) is 0 Å². The van der Waals surface area contributed by atoms with Crippen LogP contribution < -0.4 is 14.4 Å². The normalized spacial score (nSPS) is 10.2. The second-order valence-corrected chi connectivity index (χ2v) is 4.81. The van der Waals surface area contributed by atoms with E-state index in [0.717, 1.165) is 5.69 Å². The summed E-state index contributed by atoms with van der Waals surface area (Å²) in [5, 5.41) is 10.9. The number of hydrogen-bond donors (Lipinski definition) is 0. The first-order valence-electron chi connectivity index (χ1n) is 6.94. The van der Waals surface area contributed by atoms with E-state index in [9.17, 15) is 14.5 Å². The molecule has 0 saturated heterocycles. The van der Waals surface area contributed by atoms with Crippen LogP contribution >= 0.6 is 0 Å². The molecule has 2 aromatic rings. The highest BCUT2D eigenvalue weighted by Crippen LogP contribution is 2.30. The minimum atomic E-state index is -0.496. The summed E-state index contributed by atoms with van der Waals surface area (Å²) in [5.74, 6) is -0.0243. The van der Waals surface area contributed by atoms with Crippen molar-refractivity contribution in [2.24, 2.45) is 0 Å². The molecule has 0 saturated carbocycles. The third kappa shape index (κ3) is 4.09. The van der Waals surface area contributed by atoms with E-state index >= 15 is 0 Å². The Balaban J connectivity index is 1.99. The number of nitrogens with zero attached hydrogens (tertiary/aromatic N) is 2. The van der Waals surface area contributed by atoms with Gasteiger partial charge in [0.15, 0.2) is 17.3 Å². The van der Waals surface area contributed by atoms with E-state index in [-0.39, 0.29) is 23.8 Å². The molecule has 0 aliphatic heterocycles. The van der Waals surface area contributed by atoms with Gasteiger partial charge in [-0.3, -0.25) is 10.1 Å². The minimum Gasteiger partial charge on any atom is -0.490 e. The fraction of sp³-hybridized carbons (Fsp3) is 0.250. The molecule has 0 heterocycles. The van der Waals surface area contributed by atoms with Crippen molar-refractivity contribution in [2.45, 2.75) is 0 Å². The van der Waals surface area contributed by atoms with Crippen molar-refractivity contribution in [2.75, 3.05) is 32.2 Å². The summed E-state index contributed by atoms with van der Waals surface area (Å²) >= 11 is 0. The second kappa shape index (κ2) is 7.44. The van der Waals surface area contributed by atoms with Crippen LogP contribution in [0.15, 0.2) is 42.5 Å². The summed E-state index contributed by atoms with van der Waals surface area (Å²) in [6.07, 6.45) is 0. The molecule has 0 atom stereocenters. The second-order valence-electron chi connectivity index (χ2n) is 4.81. The molecule has 6 nitrogen and oxygen atoms in total. The molecule has 0 spiro atoms. The number of anilines is 1. The molecule has 0 unspecified atom stereocenters. The van der Waals surface area contributed by atoms with Gasteiger partial charge in [0.2, 0.25) is 0 Å². The Labute approximate surface area is 133 Å². The van der Waals surface area contributed by atoms with Crippen molar-refractivity contribution in [1.29, 1.82) is 0 Å². The first-order valence-corrected chi connectivity index (χ1v) is 6.94. The highest BCUT2D eigenvalue weighted by Gasteiger charge is 2.16. The van der Waals surface area contributed by atoms with Crippen molar-refractivity contribution >= 4 is 11.4 Å². The average Bonchev–Trinajstić information content (AvgIpc) is 2.55. The van der Waals surface area contributed by atoms with Gasteiger partial charge in [0.1, 0.15) is 6.61 Å². The predicted octanol–water partition coefficient (Wildman–Crippen LogP) is 3.26. The maximum absolute atomic E-state index is 13.4. The summed E-state index contributed by atoms with van der Waals surface area (Å²) < 4.78 is 23.9. The van der Waals surface area contributed by atoms with Gasteiger partial charge in [-0.1, -0.05) is 12.1 Å². The Hall–Kier alpha value is -2.83. The third-order valence-corrected chi connectivity index (χ3v) is 3.32. The summed E-state index contributed by atoms with van der Waals surface area (Å²) in [6, 6.07) is 10.8. The van der Waals surface area contributed by atoms with E-state index in [1.54, 1.807) is 30.3 Å². The summed E-state index contributed by atoms with van der Waals surface area (Å²) in [5.41, 5.74) is 0.650. The summed E-state index contributed by atoms with van der Waals surface area (Å²) in [7, 11) is 3.19. The maximum Gasteiger partial charge on any atom is 0.311 e. The number of likely N-dealkylation sites (N-methyl/N-ethyl adjacent to an activating group) is 1. The Morgan fingerprint density at radius 3 is 2.61 bits per heavy atom. The molecule has 0 amide bonds. The van der Waals surface area contributed by atoms with E-state index in [2.05, 4.69) is 0 Å². The molecule has 7 heteroatoms. The monoisotopic (exact) mass is 320 g/mol. The van der Waals surface area contributed by atoms with Crippen LogP contribution in [0.5, 0.6) is 11.5 Å². The lowest BCUT2D eigenvalue weighted by Crippen LogP contribution is -2.24. The van der Waals surface area contributed by atoms with Crippen molar-refractivity contribution in [3.8, 4) is 11.5 Å². The first kappa shape index (κ1) is 16.5. The number of nitro groups is 1. The van der Waals surface area contributed by atoms with Crippen molar-refractivity contribution in [3.05, 3.63) is 58.4 Å². The number of hydrogen-bond acceptors (Lipinski definition) is 5. The van der Waals surface area contributed by atoms with Gasteiger partial charge in [-0.2, -0.15) is 0 Å². The quantitative estimate of drug-likeness (QED) is 0.579. The molecule has 0 bridgehead atoms. The molecule has 0 N–H and O–H groups in total. The first-order chi connectivity index (χ1) is 11.0. The lowest BCUT2D eigenvalue weighted by Gasteiger charge is -2.20. The van der Waals surface area contributed by atoms with Crippen LogP contribution in [0.1, 0.15) is 0 Å². The van der Waals surface area contributed by atoms with E-state index in [0.29, 0.717) is 6.54 Å². The van der Waals surface area contributed by atoms with Gasteiger partial charge in [0.05, 0.1) is 18.6 Å². The van der Waals surface area contributed by atoms with Crippen LogP contribution in [0.4, 0.5) is 15.8 Å². The van der Waals surface area contributed by atoms with Gasteiger partial charge in [-0.15, -0.1) is 0 Å². The van der Waals surface area contributed by atoms with Gasteiger partial charge < -0.3 is 14.4 Å². The number of ether oxygens (including phenoxy) is 2. The number of halogens is 1. The zero-order valence-corrected chi connectivity index (χ0v) is 12.9. The lowest BCUT2D eigenvalue weighted by molar-refractivity contribution is -0.385. The number of rotatable bonds is 7. The molecular formula is C16H17FN2O4. The Morgan fingerprint density at radius 1 is 1.22 bits per heavy atom. The highest BCUT2D eigenvalue weighted by molar-refractivity contribution is 5.59. The molecule has 2 rings (SSSR count). The number of methoxy groups -OCH3 is 1. The van der Waals surface area contributed by atoms with Gasteiger partial charge >= 0.3 is 5.69 Å². The SMILES string of the molecule is COc1cc(N(C)CCOc2ccccc2F)ccc1[N+](=O)[O-]. The van der Waals surface area contributed by atoms with Crippen LogP contribution in [-0.2, 0) is 0 Å². The molecule has 2 aromatic carbocycles. The fourth-order valence-corrected chi connectivity index (χ4v) is 2.04. The zero-order chi connectivity index (χ0) is 16.8. The van der Waals surface area contributed by atoms with Crippen LogP contribution in [0.2, 0.25) is 0 Å². The Morgan fingerprint density at radius 2 is 1.96 bits per heavy atom. The Bertz CT molecular complexity index is 694. The standard InChI is InChI=1S/C16H17FN2O4/c1-18(9-10-23-15-6-4-3-5-13(15)17)12-7-8-14(19(20)21)16(11-12)22-2/h3-8,11H,9-10H2,1-2H3. The topological polar surface area (TPSA) is 64.8 Å². The fourth-order valence-electron chi connectivity index (χ4n) is 2.04. The van der Waals surface area contributed by atoms with Gasteiger partial charge in [-0.25, -0.2) is 4.39 Å². The molecule has 0 aliphatic carbocycles. The molecule has 0 radical (unpaired) electrons. The number of benzene rings is 2. The number of nitro benzene ring substituents is 1. The molecule has 23 heavy (non-hydrogen) atoms. The maximum atomic E-state index is 13.4. The van der Waals surface area contributed by atoms with Gasteiger partial charge in [0.25, 0.3) is 0 Å². The summed E-state index contributed by atoms with van der Waals surface area (Å²) in [6.45, 7) is 0.756. The highest BCUT2D eigenvalue weighted by atomic mass is 19.1. The zero-order valence-electron chi connectivity index (χ0n) is 12.9. The lowest BCUT2D eigenvalue weighted by atomic mass is 10.2. The van der Waals surface area contributed by atoms with E-state index in [4.69, 9.17) is 9.47 Å². The van der Waals surface area contributed by atoms with Crippen LogP contribution in [0.25, 0.3) is 0 Å². The van der Waals surface area contributed by atoms with Crippen molar-refractivity contribution in [3.63, 3.8) is 0 Å². The van der Waals surface area contributed by atoms with E-state index in [1.807, 2.05) is 11.9 Å². The molecular weight excluding hydrogens is 303 g/mol. The van der Waals surface area contributed by atoms with E-state index in [1.165, 1.54) is 19.2 Å². The van der Waals surface area contributed by atoms with Gasteiger partial charge in [-0.05, 0) is 18.2 Å². The minimum absolute atomic E-state index is 0.0905. The number of para-hydroxylation sites is 1.